The maximum atomic E-state index is 11.6. The topological polar surface area (TPSA) is 139 Å². The van der Waals surface area contributed by atoms with E-state index in [0.29, 0.717) is 22.6 Å². The number of hydrogen-bond acceptors (Lipinski definition) is 8. The van der Waals surface area contributed by atoms with Crippen LogP contribution in [0.4, 0.5) is 11.4 Å². The molecule has 30 heavy (non-hydrogen) atoms. The van der Waals surface area contributed by atoms with Crippen LogP contribution in [-0.4, -0.2) is 33.6 Å². The maximum Gasteiger partial charge on any atom is 0.270 e. The highest BCUT2D eigenvalue weighted by molar-refractivity contribution is 6.01. The molecule has 0 saturated heterocycles. The van der Waals surface area contributed by atoms with Crippen molar-refractivity contribution in [2.24, 2.45) is 0 Å². The molecule has 0 N–H and O–H groups in total. The molecule has 0 aromatic heterocycles. The highest BCUT2D eigenvalue weighted by Gasteiger charge is 2.26. The molecule has 2 heterocycles. The lowest BCUT2D eigenvalue weighted by molar-refractivity contribution is -0.385. The van der Waals surface area contributed by atoms with E-state index in [2.05, 4.69) is 0 Å². The van der Waals surface area contributed by atoms with Crippen LogP contribution in [0.25, 0.3) is 0 Å². The molecule has 0 amide bonds. The van der Waals surface area contributed by atoms with Gasteiger partial charge in [-0.15, -0.1) is 0 Å². The third kappa shape index (κ3) is 4.43. The summed E-state index contributed by atoms with van der Waals surface area (Å²) >= 11 is 0. The average molecular weight is 414 g/mol. The minimum atomic E-state index is -0.522. The summed E-state index contributed by atoms with van der Waals surface area (Å²) in [6.07, 6.45) is 0.223. The van der Waals surface area contributed by atoms with Crippen molar-refractivity contribution in [1.82, 2.24) is 0 Å². The second-order valence-electron chi connectivity index (χ2n) is 6.99. The normalized spacial score (nSPS) is 19.3. The van der Waals surface area contributed by atoms with E-state index in [1.165, 1.54) is 36.4 Å². The Labute approximate surface area is 170 Å². The monoisotopic (exact) mass is 414 g/mol. The van der Waals surface area contributed by atoms with Gasteiger partial charge in [-0.25, -0.2) is 0 Å². The smallest absolute Gasteiger partial charge is 0.270 e. The molecule has 10 nitrogen and oxygen atoms in total. The van der Waals surface area contributed by atoms with Crippen molar-refractivity contribution in [3.63, 3.8) is 0 Å². The SMILES string of the molecule is CC1CC(=O)c2cc([N+](=O)[O-])ccc2O1.C[C@@H]1CC(=O)c2cc([N+](=O)[O-])ccc2O1. The summed E-state index contributed by atoms with van der Waals surface area (Å²) in [5, 5.41) is 21.0. The third-order valence-electron chi connectivity index (χ3n) is 4.55. The van der Waals surface area contributed by atoms with E-state index in [1.807, 2.05) is 0 Å². The van der Waals surface area contributed by atoms with E-state index >= 15 is 0 Å². The van der Waals surface area contributed by atoms with Gasteiger partial charge in [0.25, 0.3) is 11.4 Å². The second kappa shape index (κ2) is 8.27. The van der Waals surface area contributed by atoms with Crippen LogP contribution in [0.3, 0.4) is 0 Å². The number of ketones is 2. The number of rotatable bonds is 2. The third-order valence-corrected chi connectivity index (χ3v) is 4.55. The number of carbonyl (C=O) groups is 2. The van der Waals surface area contributed by atoms with Gasteiger partial charge in [0.2, 0.25) is 0 Å². The van der Waals surface area contributed by atoms with Crippen LogP contribution in [0.15, 0.2) is 36.4 Å². The van der Waals surface area contributed by atoms with Crippen molar-refractivity contribution in [2.75, 3.05) is 0 Å². The van der Waals surface area contributed by atoms with Gasteiger partial charge in [-0.1, -0.05) is 0 Å². The number of Topliss-reactive ketones (excluding diaryl/α,β-unsaturated/α-hetero) is 2. The first-order chi connectivity index (χ1) is 14.2. The maximum absolute atomic E-state index is 11.6. The zero-order valence-corrected chi connectivity index (χ0v) is 16.2. The molecule has 2 aliphatic heterocycles. The molecule has 0 spiro atoms. The molecule has 2 aromatic rings. The number of nitro benzene ring substituents is 2. The van der Waals surface area contributed by atoms with Crippen LogP contribution in [0.5, 0.6) is 11.5 Å². The van der Waals surface area contributed by atoms with E-state index in [9.17, 15) is 29.8 Å². The zero-order chi connectivity index (χ0) is 22.0. The predicted molar refractivity (Wildman–Crippen MR) is 104 cm³/mol. The lowest BCUT2D eigenvalue weighted by atomic mass is 10.0. The highest BCUT2D eigenvalue weighted by atomic mass is 16.6. The number of non-ortho nitro benzene ring substituents is 2. The van der Waals surface area contributed by atoms with Gasteiger partial charge in [0.15, 0.2) is 11.6 Å². The molecule has 0 aliphatic carbocycles. The number of nitrogens with zero attached hydrogens (tertiary/aromatic N) is 2. The van der Waals surface area contributed by atoms with Crippen molar-refractivity contribution < 1.29 is 28.9 Å². The van der Waals surface area contributed by atoms with Gasteiger partial charge in [0, 0.05) is 37.1 Å². The largest absolute Gasteiger partial charge is 0.489 e. The molecule has 0 saturated carbocycles. The molecule has 0 fully saturated rings. The lowest BCUT2D eigenvalue weighted by Crippen LogP contribution is -2.23. The first kappa shape index (κ1) is 20.9. The summed E-state index contributed by atoms with van der Waals surface area (Å²) < 4.78 is 10.8. The van der Waals surface area contributed by atoms with Crippen molar-refractivity contribution in [3.05, 3.63) is 67.8 Å². The van der Waals surface area contributed by atoms with Gasteiger partial charge in [-0.05, 0) is 26.0 Å². The molecule has 2 aliphatic rings. The number of fused-ring (bicyclic) bond motifs is 2. The molecule has 0 radical (unpaired) electrons. The number of hydrogen-bond donors (Lipinski definition) is 0. The van der Waals surface area contributed by atoms with E-state index < -0.39 is 9.85 Å². The van der Waals surface area contributed by atoms with Crippen LogP contribution in [0.2, 0.25) is 0 Å². The summed E-state index contributed by atoms with van der Waals surface area (Å²) in [6, 6.07) is 8.16. The van der Waals surface area contributed by atoms with Crippen LogP contribution in [0, 0.1) is 20.2 Å². The quantitative estimate of drug-likeness (QED) is 0.532. The molecule has 0 bridgehead atoms. The Morgan fingerprint density at radius 3 is 1.47 bits per heavy atom. The molecular weight excluding hydrogens is 396 g/mol. The fourth-order valence-electron chi connectivity index (χ4n) is 3.16. The first-order valence-corrected chi connectivity index (χ1v) is 9.12. The van der Waals surface area contributed by atoms with E-state index in [0.717, 1.165) is 0 Å². The lowest BCUT2D eigenvalue weighted by Gasteiger charge is -2.21. The second-order valence-corrected chi connectivity index (χ2v) is 6.99. The van der Waals surface area contributed by atoms with Crippen LogP contribution in [0.1, 0.15) is 47.4 Å². The molecular formula is C20H18N2O8. The first-order valence-electron chi connectivity index (χ1n) is 9.12. The summed E-state index contributed by atoms with van der Waals surface area (Å²) in [4.78, 5) is 43.1. The summed E-state index contributed by atoms with van der Waals surface area (Å²) in [6.45, 7) is 3.59. The van der Waals surface area contributed by atoms with Crippen molar-refractivity contribution in [3.8, 4) is 11.5 Å². The fraction of sp³-hybridized carbons (Fsp3) is 0.300. The van der Waals surface area contributed by atoms with Gasteiger partial charge >= 0.3 is 0 Å². The highest BCUT2D eigenvalue weighted by Crippen LogP contribution is 2.31. The molecule has 10 heteroatoms. The van der Waals surface area contributed by atoms with Crippen molar-refractivity contribution in [2.45, 2.75) is 38.9 Å². The zero-order valence-electron chi connectivity index (χ0n) is 16.2. The summed E-state index contributed by atoms with van der Waals surface area (Å²) in [7, 11) is 0. The Kier molecular flexibility index (Phi) is 5.77. The average Bonchev–Trinajstić information content (AvgIpc) is 2.67. The van der Waals surface area contributed by atoms with Crippen molar-refractivity contribution >= 4 is 22.9 Å². The molecule has 156 valence electrons. The number of ether oxygens (including phenoxy) is 2. The number of benzene rings is 2. The van der Waals surface area contributed by atoms with Crippen LogP contribution < -0.4 is 9.47 Å². The van der Waals surface area contributed by atoms with Crippen LogP contribution in [-0.2, 0) is 0 Å². The summed E-state index contributed by atoms with van der Waals surface area (Å²) in [5.74, 6) is 0.661. The van der Waals surface area contributed by atoms with E-state index in [4.69, 9.17) is 9.47 Å². The number of nitro groups is 2. The molecule has 2 aromatic carbocycles. The molecule has 2 atom stereocenters. The Morgan fingerprint density at radius 2 is 1.13 bits per heavy atom. The Balaban J connectivity index is 0.000000171. The van der Waals surface area contributed by atoms with Crippen LogP contribution >= 0.6 is 0 Å². The predicted octanol–water partition coefficient (Wildman–Crippen LogP) is 3.90. The standard InChI is InChI=1S/2C10H9NO4/c2*1-6-4-9(12)8-5-7(11(13)14)2-3-10(8)15-6/h2*2-3,5-6H,4H2,1H3/t6-;/m1./s1. The van der Waals surface area contributed by atoms with Gasteiger partial charge in [-0.3, -0.25) is 29.8 Å². The molecule has 1 unspecified atom stereocenters. The Hall–Kier alpha value is -3.82. The fourth-order valence-corrected chi connectivity index (χ4v) is 3.16. The van der Waals surface area contributed by atoms with Gasteiger partial charge in [0.1, 0.15) is 23.7 Å². The Bertz CT molecular complexity index is 966. The molecule has 4 rings (SSSR count). The van der Waals surface area contributed by atoms with Crippen molar-refractivity contribution in [1.29, 1.82) is 0 Å². The van der Waals surface area contributed by atoms with E-state index in [1.54, 1.807) is 13.8 Å². The van der Waals surface area contributed by atoms with Gasteiger partial charge in [0.05, 0.1) is 21.0 Å². The summed E-state index contributed by atoms with van der Waals surface area (Å²) in [5.41, 5.74) is 0.449. The van der Waals surface area contributed by atoms with Gasteiger partial charge < -0.3 is 9.47 Å². The van der Waals surface area contributed by atoms with Gasteiger partial charge in [-0.2, -0.15) is 0 Å². The Morgan fingerprint density at radius 1 is 0.767 bits per heavy atom. The minimum absolute atomic E-state index is 0.0831. The number of carbonyl (C=O) groups excluding carboxylic acids is 2. The van der Waals surface area contributed by atoms with E-state index in [-0.39, 0.29) is 48.0 Å². The minimum Gasteiger partial charge on any atom is -0.489 e.